The molecule has 1 atom stereocenters. The molecule has 4 rings (SSSR count). The highest BCUT2D eigenvalue weighted by Gasteiger charge is 2.33. The fraction of sp³-hybridized carbons (Fsp3) is 0.391. The molecule has 3 heterocycles. The summed E-state index contributed by atoms with van der Waals surface area (Å²) in [6, 6.07) is 12.9. The summed E-state index contributed by atoms with van der Waals surface area (Å²) in [6.07, 6.45) is 0.470. The van der Waals surface area contributed by atoms with Crippen LogP contribution in [0.1, 0.15) is 33.7 Å². The summed E-state index contributed by atoms with van der Waals surface area (Å²) >= 11 is 0. The molecule has 2 N–H and O–H groups in total. The van der Waals surface area contributed by atoms with Gasteiger partial charge in [0.15, 0.2) is 5.69 Å². The number of hydrogen-bond donors (Lipinski definition) is 2. The van der Waals surface area contributed by atoms with Crippen LogP contribution in [0, 0.1) is 11.3 Å². The number of amides is 1. The number of rotatable bonds is 5. The minimum Gasteiger partial charge on any atom is -0.477 e. The molecule has 0 radical (unpaired) electrons. The van der Waals surface area contributed by atoms with Gasteiger partial charge in [-0.05, 0) is 30.2 Å². The zero-order chi connectivity index (χ0) is 22.5. The van der Waals surface area contributed by atoms with E-state index in [0.29, 0.717) is 26.2 Å². The Morgan fingerprint density at radius 3 is 2.84 bits per heavy atom. The maximum absolute atomic E-state index is 12.8. The van der Waals surface area contributed by atoms with Gasteiger partial charge in [0.1, 0.15) is 6.61 Å². The largest absolute Gasteiger partial charge is 0.477 e. The molecule has 1 unspecified atom stereocenters. The average Bonchev–Trinajstić information content (AvgIpc) is 2.82. The van der Waals surface area contributed by atoms with Crippen LogP contribution < -0.4 is 10.2 Å². The smallest absolute Gasteiger partial charge is 0.410 e. The molecule has 2 aliphatic heterocycles. The molecule has 0 bridgehead atoms. The molecule has 2 aliphatic rings. The predicted octanol–water partition coefficient (Wildman–Crippen LogP) is 2.17. The number of benzene rings is 1. The third-order valence-electron chi connectivity index (χ3n) is 5.84. The summed E-state index contributed by atoms with van der Waals surface area (Å²) in [6.45, 7) is 2.82. The van der Waals surface area contributed by atoms with E-state index >= 15 is 0 Å². The van der Waals surface area contributed by atoms with Crippen molar-refractivity contribution in [3.05, 3.63) is 58.9 Å². The molecule has 9 heteroatoms. The number of anilines is 1. The van der Waals surface area contributed by atoms with Crippen molar-refractivity contribution in [2.45, 2.75) is 32.0 Å². The number of pyridine rings is 1. The fourth-order valence-electron chi connectivity index (χ4n) is 4.24. The molecular formula is C23H25N5O4. The molecule has 1 saturated heterocycles. The maximum Gasteiger partial charge on any atom is 0.410 e. The van der Waals surface area contributed by atoms with E-state index in [0.717, 1.165) is 35.5 Å². The van der Waals surface area contributed by atoms with Gasteiger partial charge in [0.2, 0.25) is 0 Å². The van der Waals surface area contributed by atoms with E-state index in [9.17, 15) is 20.0 Å². The number of piperazine rings is 1. The Hall–Kier alpha value is -3.64. The van der Waals surface area contributed by atoms with Crippen LogP contribution in [-0.4, -0.2) is 59.3 Å². The van der Waals surface area contributed by atoms with Crippen molar-refractivity contribution in [3.8, 4) is 6.07 Å². The Balaban J connectivity index is 1.52. The molecule has 0 aliphatic carbocycles. The van der Waals surface area contributed by atoms with E-state index < -0.39 is 12.1 Å². The van der Waals surface area contributed by atoms with Gasteiger partial charge >= 0.3 is 12.1 Å². The number of carbonyl (C=O) groups excluding carboxylic acids is 1. The minimum absolute atomic E-state index is 0.00369. The number of ether oxygens (including phenoxy) is 1. The fourth-order valence-corrected chi connectivity index (χ4v) is 4.24. The Labute approximate surface area is 186 Å². The van der Waals surface area contributed by atoms with Crippen molar-refractivity contribution in [3.63, 3.8) is 0 Å². The molecule has 1 fully saturated rings. The number of hydrogen-bond acceptors (Lipinski definition) is 7. The zero-order valence-corrected chi connectivity index (χ0v) is 17.7. The molecule has 1 aromatic heterocycles. The lowest BCUT2D eigenvalue weighted by Crippen LogP contribution is -2.55. The molecule has 1 aromatic carbocycles. The highest BCUT2D eigenvalue weighted by atomic mass is 16.6. The van der Waals surface area contributed by atoms with Crippen LogP contribution in [-0.2, 0) is 24.3 Å². The molecule has 1 amide bonds. The Bertz CT molecular complexity index is 1040. The first-order valence-corrected chi connectivity index (χ1v) is 10.6. The van der Waals surface area contributed by atoms with E-state index in [1.807, 2.05) is 30.3 Å². The van der Waals surface area contributed by atoms with Crippen LogP contribution in [0.2, 0.25) is 0 Å². The summed E-state index contributed by atoms with van der Waals surface area (Å²) in [4.78, 5) is 32.3. The number of nitriles is 1. The van der Waals surface area contributed by atoms with E-state index in [1.54, 1.807) is 11.0 Å². The highest BCUT2D eigenvalue weighted by Crippen LogP contribution is 2.29. The third-order valence-corrected chi connectivity index (χ3v) is 5.84. The van der Waals surface area contributed by atoms with E-state index in [2.05, 4.69) is 21.3 Å². The first kappa shape index (κ1) is 21.6. The second-order valence-corrected chi connectivity index (χ2v) is 7.88. The summed E-state index contributed by atoms with van der Waals surface area (Å²) in [5.74, 6) is -1.07. The summed E-state index contributed by atoms with van der Waals surface area (Å²) in [5.41, 5.74) is 3.50. The number of nitrogens with one attached hydrogen (secondary N) is 1. The van der Waals surface area contributed by atoms with Crippen LogP contribution in [0.25, 0.3) is 0 Å². The number of carboxylic acids is 1. The number of fused-ring (bicyclic) bond motifs is 1. The number of carboxylic acid groups (broad SMARTS) is 1. The van der Waals surface area contributed by atoms with Gasteiger partial charge in [-0.25, -0.2) is 14.6 Å². The van der Waals surface area contributed by atoms with Gasteiger partial charge in [-0.1, -0.05) is 30.3 Å². The molecule has 166 valence electrons. The van der Waals surface area contributed by atoms with E-state index in [1.165, 1.54) is 0 Å². The molecular weight excluding hydrogens is 410 g/mol. The monoisotopic (exact) mass is 435 g/mol. The lowest BCUT2D eigenvalue weighted by Gasteiger charge is -2.42. The summed E-state index contributed by atoms with van der Waals surface area (Å²) < 4.78 is 5.49. The van der Waals surface area contributed by atoms with Gasteiger partial charge < -0.3 is 25.0 Å². The number of carbonyl (C=O) groups is 2. The van der Waals surface area contributed by atoms with Gasteiger partial charge in [0, 0.05) is 31.9 Å². The van der Waals surface area contributed by atoms with Crippen LogP contribution in [0.4, 0.5) is 10.5 Å². The maximum atomic E-state index is 12.8. The van der Waals surface area contributed by atoms with Gasteiger partial charge in [-0.2, -0.15) is 5.26 Å². The van der Waals surface area contributed by atoms with Crippen LogP contribution in [0.15, 0.2) is 36.4 Å². The SMILES string of the molecule is N#CCC1CN(c2cc(C(=O)O)nc3c2CCNC3)CCN1C(=O)OCc1ccccc1. The molecule has 32 heavy (non-hydrogen) atoms. The van der Waals surface area contributed by atoms with Gasteiger partial charge in [-0.3, -0.25) is 0 Å². The lowest BCUT2D eigenvalue weighted by atomic mass is 10.0. The normalized spacial score (nSPS) is 17.9. The molecule has 2 aromatic rings. The number of aromatic carboxylic acids is 1. The summed E-state index contributed by atoms with van der Waals surface area (Å²) in [5, 5.41) is 22.1. The second-order valence-electron chi connectivity index (χ2n) is 7.88. The van der Waals surface area contributed by atoms with Crippen molar-refractivity contribution in [2.24, 2.45) is 0 Å². The first-order chi connectivity index (χ1) is 15.6. The molecule has 9 nitrogen and oxygen atoms in total. The standard InChI is InChI=1S/C23H25N5O4/c24-8-6-17-14-27(10-11-28(17)23(31)32-15-16-4-2-1-3-5-16)21-12-19(22(29)30)26-20-13-25-9-7-18(20)21/h1-5,12,17,25H,6-7,9-11,13-15H2,(H,29,30). The Morgan fingerprint density at radius 2 is 2.09 bits per heavy atom. The number of nitrogens with zero attached hydrogens (tertiary/aromatic N) is 4. The van der Waals surface area contributed by atoms with Crippen molar-refractivity contribution in [1.29, 1.82) is 5.26 Å². The van der Waals surface area contributed by atoms with Crippen molar-refractivity contribution in [1.82, 2.24) is 15.2 Å². The first-order valence-electron chi connectivity index (χ1n) is 10.6. The van der Waals surface area contributed by atoms with E-state index in [4.69, 9.17) is 4.74 Å². The van der Waals surface area contributed by atoms with Crippen molar-refractivity contribution >= 4 is 17.7 Å². The Kier molecular flexibility index (Phi) is 6.52. The predicted molar refractivity (Wildman–Crippen MR) is 116 cm³/mol. The lowest BCUT2D eigenvalue weighted by molar-refractivity contribution is 0.0690. The minimum atomic E-state index is -1.07. The van der Waals surface area contributed by atoms with Crippen LogP contribution >= 0.6 is 0 Å². The number of aromatic nitrogens is 1. The van der Waals surface area contributed by atoms with Crippen LogP contribution in [0.3, 0.4) is 0 Å². The van der Waals surface area contributed by atoms with Crippen LogP contribution in [0.5, 0.6) is 0 Å². The zero-order valence-electron chi connectivity index (χ0n) is 17.7. The van der Waals surface area contributed by atoms with Gasteiger partial charge in [0.05, 0.1) is 24.2 Å². The second kappa shape index (κ2) is 9.66. The molecule has 0 spiro atoms. The van der Waals surface area contributed by atoms with Gasteiger partial charge in [-0.15, -0.1) is 0 Å². The topological polar surface area (TPSA) is 119 Å². The summed E-state index contributed by atoms with van der Waals surface area (Å²) in [7, 11) is 0. The van der Waals surface area contributed by atoms with Gasteiger partial charge in [0.25, 0.3) is 0 Å². The highest BCUT2D eigenvalue weighted by molar-refractivity contribution is 5.87. The van der Waals surface area contributed by atoms with Crippen molar-refractivity contribution < 1.29 is 19.4 Å². The van der Waals surface area contributed by atoms with Crippen molar-refractivity contribution in [2.75, 3.05) is 31.1 Å². The Morgan fingerprint density at radius 1 is 1.28 bits per heavy atom. The molecule has 0 saturated carbocycles. The average molecular weight is 435 g/mol. The van der Waals surface area contributed by atoms with E-state index in [-0.39, 0.29) is 24.8 Å². The third kappa shape index (κ3) is 4.65. The quantitative estimate of drug-likeness (QED) is 0.733.